The highest BCUT2D eigenvalue weighted by molar-refractivity contribution is 5.87. The summed E-state index contributed by atoms with van der Waals surface area (Å²) in [5, 5.41) is 11.9. The predicted octanol–water partition coefficient (Wildman–Crippen LogP) is 2.18. The van der Waals surface area contributed by atoms with E-state index in [4.69, 9.17) is 5.11 Å². The molecule has 0 heterocycles. The van der Waals surface area contributed by atoms with Gasteiger partial charge in [0.05, 0.1) is 0 Å². The van der Waals surface area contributed by atoms with Crippen molar-refractivity contribution in [1.29, 1.82) is 0 Å². The van der Waals surface area contributed by atoms with Crippen molar-refractivity contribution in [1.82, 2.24) is 5.32 Å². The molecule has 4 bridgehead atoms. The molecule has 1 atom stereocenters. The Morgan fingerprint density at radius 1 is 1.16 bits per heavy atom. The Balaban J connectivity index is 1.74. The van der Waals surface area contributed by atoms with Crippen LogP contribution in [0.1, 0.15) is 51.9 Å². The summed E-state index contributed by atoms with van der Waals surface area (Å²) in [4.78, 5) is 23.7. The van der Waals surface area contributed by atoms with E-state index < -0.39 is 12.0 Å². The molecule has 4 aliphatic rings. The number of aliphatic carboxylic acids is 1. The Kier molecular flexibility index (Phi) is 3.06. The quantitative estimate of drug-likeness (QED) is 0.818. The molecule has 1 amide bonds. The lowest BCUT2D eigenvalue weighted by atomic mass is 9.49. The van der Waals surface area contributed by atoms with Crippen LogP contribution >= 0.6 is 0 Å². The molecule has 4 heteroatoms. The maximum Gasteiger partial charge on any atom is 0.326 e. The predicted molar refractivity (Wildman–Crippen MR) is 70.5 cm³/mol. The molecule has 0 aliphatic heterocycles. The maximum absolute atomic E-state index is 12.6. The van der Waals surface area contributed by atoms with Crippen LogP contribution in [0, 0.1) is 23.2 Å². The van der Waals surface area contributed by atoms with Crippen molar-refractivity contribution >= 4 is 11.9 Å². The molecule has 0 aromatic heterocycles. The Hall–Kier alpha value is -1.06. The lowest BCUT2D eigenvalue weighted by molar-refractivity contribution is -0.151. The van der Waals surface area contributed by atoms with Crippen LogP contribution < -0.4 is 5.32 Å². The molecule has 0 aromatic carbocycles. The van der Waals surface area contributed by atoms with Crippen molar-refractivity contribution in [2.45, 2.75) is 57.9 Å². The van der Waals surface area contributed by atoms with Gasteiger partial charge in [-0.25, -0.2) is 4.79 Å². The number of carbonyl (C=O) groups is 2. The van der Waals surface area contributed by atoms with Gasteiger partial charge >= 0.3 is 5.97 Å². The number of carbonyl (C=O) groups excluding carboxylic acids is 1. The number of carboxylic acid groups (broad SMARTS) is 1. The van der Waals surface area contributed by atoms with E-state index in [1.54, 1.807) is 6.92 Å². The Bertz CT molecular complexity index is 369. The molecule has 4 nitrogen and oxygen atoms in total. The SMILES string of the molecule is CC[C@H](NC(=O)C12CC3CC(CC(C3)C1)C2)C(=O)O. The summed E-state index contributed by atoms with van der Waals surface area (Å²) in [5.41, 5.74) is -0.238. The van der Waals surface area contributed by atoms with Crippen molar-refractivity contribution in [3.63, 3.8) is 0 Å². The highest BCUT2D eigenvalue weighted by atomic mass is 16.4. The highest BCUT2D eigenvalue weighted by Crippen LogP contribution is 2.60. The summed E-state index contributed by atoms with van der Waals surface area (Å²) in [6, 6.07) is -0.722. The average molecular weight is 265 g/mol. The summed E-state index contributed by atoms with van der Waals surface area (Å²) in [6.45, 7) is 1.80. The van der Waals surface area contributed by atoms with Gasteiger partial charge in [-0.3, -0.25) is 4.79 Å². The van der Waals surface area contributed by atoms with Crippen LogP contribution in [0.2, 0.25) is 0 Å². The van der Waals surface area contributed by atoms with Crippen LogP contribution in [-0.2, 0) is 9.59 Å². The molecule has 19 heavy (non-hydrogen) atoms. The van der Waals surface area contributed by atoms with Crippen LogP contribution in [-0.4, -0.2) is 23.0 Å². The normalized spacial score (nSPS) is 41.0. The minimum absolute atomic E-state index is 0.0147. The molecule has 4 rings (SSSR count). The van der Waals surface area contributed by atoms with Gasteiger partial charge in [-0.15, -0.1) is 0 Å². The molecule has 0 radical (unpaired) electrons. The lowest BCUT2D eigenvalue weighted by Crippen LogP contribution is -2.56. The van der Waals surface area contributed by atoms with Crippen molar-refractivity contribution in [3.8, 4) is 0 Å². The van der Waals surface area contributed by atoms with E-state index in [-0.39, 0.29) is 11.3 Å². The van der Waals surface area contributed by atoms with Crippen LogP contribution in [0.25, 0.3) is 0 Å². The molecular formula is C15H23NO3. The van der Waals surface area contributed by atoms with Gasteiger partial charge < -0.3 is 10.4 Å². The second-order valence-electron chi connectivity index (χ2n) is 6.97. The molecular weight excluding hydrogens is 242 g/mol. The molecule has 0 unspecified atom stereocenters. The highest BCUT2D eigenvalue weighted by Gasteiger charge is 2.54. The zero-order chi connectivity index (χ0) is 13.6. The number of hydrogen-bond acceptors (Lipinski definition) is 2. The number of hydrogen-bond donors (Lipinski definition) is 2. The van der Waals surface area contributed by atoms with E-state index in [1.807, 2.05) is 0 Å². The summed E-state index contributed by atoms with van der Waals surface area (Å²) >= 11 is 0. The first-order valence-corrected chi connectivity index (χ1v) is 7.56. The van der Waals surface area contributed by atoms with Crippen LogP contribution in [0.4, 0.5) is 0 Å². The largest absolute Gasteiger partial charge is 0.480 e. The summed E-state index contributed by atoms with van der Waals surface area (Å²) in [5.74, 6) is 1.23. The van der Waals surface area contributed by atoms with Crippen molar-refractivity contribution in [2.24, 2.45) is 23.2 Å². The van der Waals surface area contributed by atoms with Gasteiger partial charge in [0.1, 0.15) is 6.04 Å². The van der Waals surface area contributed by atoms with Gasteiger partial charge in [0, 0.05) is 5.41 Å². The van der Waals surface area contributed by atoms with E-state index >= 15 is 0 Å². The monoisotopic (exact) mass is 265 g/mol. The third-order valence-electron chi connectivity index (χ3n) is 5.53. The van der Waals surface area contributed by atoms with Crippen molar-refractivity contribution in [3.05, 3.63) is 0 Å². The van der Waals surface area contributed by atoms with Crippen LogP contribution in [0.15, 0.2) is 0 Å². The molecule has 0 saturated heterocycles. The second kappa shape index (κ2) is 4.50. The van der Waals surface area contributed by atoms with E-state index in [1.165, 1.54) is 19.3 Å². The minimum atomic E-state index is -0.916. The molecule has 4 fully saturated rings. The molecule has 0 spiro atoms. The first kappa shape index (κ1) is 12.9. The fourth-order valence-corrected chi connectivity index (χ4v) is 5.04. The summed E-state index contributed by atoms with van der Waals surface area (Å²) < 4.78 is 0. The lowest BCUT2D eigenvalue weighted by Gasteiger charge is -2.55. The minimum Gasteiger partial charge on any atom is -0.480 e. The Morgan fingerprint density at radius 3 is 2.00 bits per heavy atom. The molecule has 106 valence electrons. The molecule has 4 aliphatic carbocycles. The van der Waals surface area contributed by atoms with Crippen molar-refractivity contribution < 1.29 is 14.7 Å². The van der Waals surface area contributed by atoms with Crippen LogP contribution in [0.3, 0.4) is 0 Å². The number of nitrogens with one attached hydrogen (secondary N) is 1. The summed E-state index contributed by atoms with van der Waals surface area (Å²) in [6.07, 6.45) is 7.30. The zero-order valence-corrected chi connectivity index (χ0v) is 11.5. The third-order valence-corrected chi connectivity index (χ3v) is 5.53. The first-order valence-electron chi connectivity index (χ1n) is 7.56. The Labute approximate surface area is 113 Å². The molecule has 0 aromatic rings. The van der Waals surface area contributed by atoms with Gasteiger partial charge in [0.25, 0.3) is 0 Å². The number of amides is 1. The Morgan fingerprint density at radius 2 is 1.63 bits per heavy atom. The average Bonchev–Trinajstić information content (AvgIpc) is 2.33. The van der Waals surface area contributed by atoms with E-state index in [2.05, 4.69) is 5.32 Å². The van der Waals surface area contributed by atoms with Crippen LogP contribution in [0.5, 0.6) is 0 Å². The maximum atomic E-state index is 12.6. The molecule has 2 N–H and O–H groups in total. The van der Waals surface area contributed by atoms with Gasteiger partial charge in [-0.1, -0.05) is 6.92 Å². The first-order chi connectivity index (χ1) is 9.02. The zero-order valence-electron chi connectivity index (χ0n) is 11.5. The number of carboxylic acids is 1. The summed E-state index contributed by atoms with van der Waals surface area (Å²) in [7, 11) is 0. The van der Waals surface area contributed by atoms with E-state index in [0.29, 0.717) is 24.2 Å². The topological polar surface area (TPSA) is 66.4 Å². The fourth-order valence-electron chi connectivity index (χ4n) is 5.04. The van der Waals surface area contributed by atoms with Gasteiger partial charge in [-0.05, 0) is 62.7 Å². The fraction of sp³-hybridized carbons (Fsp3) is 0.867. The standard InChI is InChI=1S/C15H23NO3/c1-2-12(13(17)18)16-14(19)15-6-9-3-10(7-15)5-11(4-9)8-15/h9-12H,2-8H2,1H3,(H,16,19)(H,17,18)/t9?,10?,11?,12-,15?/m0/s1. The van der Waals surface area contributed by atoms with E-state index in [9.17, 15) is 9.59 Å². The van der Waals surface area contributed by atoms with Gasteiger partial charge in [-0.2, -0.15) is 0 Å². The van der Waals surface area contributed by atoms with Gasteiger partial charge in [0.2, 0.25) is 5.91 Å². The smallest absolute Gasteiger partial charge is 0.326 e. The van der Waals surface area contributed by atoms with Crippen molar-refractivity contribution in [2.75, 3.05) is 0 Å². The third kappa shape index (κ3) is 2.15. The van der Waals surface area contributed by atoms with E-state index in [0.717, 1.165) is 19.3 Å². The molecule has 4 saturated carbocycles. The second-order valence-corrected chi connectivity index (χ2v) is 6.97. The van der Waals surface area contributed by atoms with Gasteiger partial charge in [0.15, 0.2) is 0 Å². The number of rotatable bonds is 4.